The van der Waals surface area contributed by atoms with Gasteiger partial charge in [0.05, 0.1) is 33.6 Å². The highest BCUT2D eigenvalue weighted by Gasteiger charge is 2.32. The lowest BCUT2D eigenvalue weighted by Gasteiger charge is -2.30. The molecule has 0 N–H and O–H groups in total. The molecule has 6 nitrogen and oxygen atoms in total. The van der Waals surface area contributed by atoms with Gasteiger partial charge in [-0.05, 0) is 69.1 Å². The number of methoxy groups -OCH3 is 1. The largest absolute Gasteiger partial charge is 0.497 e. The topological polar surface area (TPSA) is 52.9 Å². The Balaban J connectivity index is 1.49. The Hall–Kier alpha value is -1.10. The number of hydrogen-bond donors (Lipinski definition) is 0. The Morgan fingerprint density at radius 2 is 1.93 bits per heavy atom. The summed E-state index contributed by atoms with van der Waals surface area (Å²) in [4.78, 5) is 15.1. The summed E-state index contributed by atoms with van der Waals surface area (Å²) in [6.45, 7) is 4.07. The molecule has 0 aliphatic carbocycles. The second-order valence-electron chi connectivity index (χ2n) is 7.27. The minimum atomic E-state index is 0.0643. The maximum absolute atomic E-state index is 13.2. The molecule has 1 fully saturated rings. The Bertz CT molecular complexity index is 878. The summed E-state index contributed by atoms with van der Waals surface area (Å²) < 4.78 is 20.8. The number of rotatable bonds is 6. The molecule has 0 radical (unpaired) electrons. The quantitative estimate of drug-likeness (QED) is 0.485. The SMILES string of the molecule is COc1ccc(CN2CCn3c(COC4CCOCC4)c(Br)c(I)c3C2=O)cc1. The number of carbonyl (C=O) groups is 1. The molecule has 0 spiro atoms. The standard InChI is InChI=1S/C21H24BrIN2O4/c1-27-15-4-2-14(3-5-15)12-24-8-9-25-17(13-29-16-6-10-28-11-7-16)18(22)19(23)20(25)21(24)26/h2-5,16H,6-13H2,1H3. The summed E-state index contributed by atoms with van der Waals surface area (Å²) in [5.41, 5.74) is 2.90. The summed E-state index contributed by atoms with van der Waals surface area (Å²) >= 11 is 5.96. The van der Waals surface area contributed by atoms with Gasteiger partial charge in [0.25, 0.3) is 5.91 Å². The van der Waals surface area contributed by atoms with Gasteiger partial charge in [-0.1, -0.05) is 12.1 Å². The summed E-state index contributed by atoms with van der Waals surface area (Å²) in [6, 6.07) is 7.87. The fourth-order valence-corrected chi connectivity index (χ4v) is 5.16. The van der Waals surface area contributed by atoms with Gasteiger partial charge in [-0.15, -0.1) is 0 Å². The molecular formula is C21H24BrIN2O4. The Kier molecular flexibility index (Phi) is 6.83. The minimum absolute atomic E-state index is 0.0643. The number of amides is 1. The van der Waals surface area contributed by atoms with Gasteiger partial charge in [0.2, 0.25) is 0 Å². The summed E-state index contributed by atoms with van der Waals surface area (Å²) in [5.74, 6) is 0.884. The van der Waals surface area contributed by atoms with Crippen LogP contribution in [0.3, 0.4) is 0 Å². The average molecular weight is 575 g/mol. The smallest absolute Gasteiger partial charge is 0.271 e. The van der Waals surface area contributed by atoms with Crippen LogP contribution in [0, 0.1) is 3.57 Å². The van der Waals surface area contributed by atoms with E-state index >= 15 is 0 Å². The van der Waals surface area contributed by atoms with Crippen LogP contribution < -0.4 is 4.74 Å². The van der Waals surface area contributed by atoms with Crippen LogP contribution in [0.4, 0.5) is 0 Å². The normalized spacial score (nSPS) is 17.5. The predicted molar refractivity (Wildman–Crippen MR) is 121 cm³/mol. The first-order valence-corrected chi connectivity index (χ1v) is 11.6. The lowest BCUT2D eigenvalue weighted by atomic mass is 10.1. The number of fused-ring (bicyclic) bond motifs is 1. The van der Waals surface area contributed by atoms with E-state index in [-0.39, 0.29) is 12.0 Å². The molecule has 3 heterocycles. The third-order valence-electron chi connectivity index (χ3n) is 5.49. The fourth-order valence-electron chi connectivity index (χ4n) is 3.81. The van der Waals surface area contributed by atoms with E-state index in [0.29, 0.717) is 19.7 Å². The molecule has 4 rings (SSSR count). The van der Waals surface area contributed by atoms with Crippen molar-refractivity contribution in [3.63, 3.8) is 0 Å². The molecule has 0 bridgehead atoms. The Labute approximate surface area is 192 Å². The lowest BCUT2D eigenvalue weighted by Crippen LogP contribution is -2.40. The van der Waals surface area contributed by atoms with E-state index in [1.165, 1.54) is 0 Å². The van der Waals surface area contributed by atoms with E-state index in [0.717, 1.165) is 63.3 Å². The van der Waals surface area contributed by atoms with Gasteiger partial charge < -0.3 is 23.7 Å². The predicted octanol–water partition coefficient (Wildman–Crippen LogP) is 4.22. The van der Waals surface area contributed by atoms with E-state index < -0.39 is 0 Å². The molecule has 0 saturated carbocycles. The zero-order valence-corrected chi connectivity index (χ0v) is 20.1. The number of hydrogen-bond acceptors (Lipinski definition) is 4. The Morgan fingerprint density at radius 3 is 2.62 bits per heavy atom. The van der Waals surface area contributed by atoms with Gasteiger partial charge in [0.1, 0.15) is 11.4 Å². The molecule has 1 aromatic carbocycles. The van der Waals surface area contributed by atoms with Crippen LogP contribution in [0.1, 0.15) is 34.6 Å². The van der Waals surface area contributed by atoms with E-state index in [9.17, 15) is 4.79 Å². The van der Waals surface area contributed by atoms with Gasteiger partial charge in [-0.25, -0.2) is 0 Å². The summed E-state index contributed by atoms with van der Waals surface area (Å²) in [5, 5.41) is 0. The van der Waals surface area contributed by atoms with Crippen LogP contribution in [-0.2, 0) is 29.2 Å². The van der Waals surface area contributed by atoms with Crippen molar-refractivity contribution in [1.29, 1.82) is 0 Å². The van der Waals surface area contributed by atoms with Crippen LogP contribution in [0.2, 0.25) is 0 Å². The van der Waals surface area contributed by atoms with E-state index in [1.54, 1.807) is 7.11 Å². The molecular weight excluding hydrogens is 551 g/mol. The van der Waals surface area contributed by atoms with Gasteiger partial charge >= 0.3 is 0 Å². The van der Waals surface area contributed by atoms with Crippen molar-refractivity contribution < 1.29 is 19.0 Å². The molecule has 29 heavy (non-hydrogen) atoms. The van der Waals surface area contributed by atoms with Crippen LogP contribution in [0.5, 0.6) is 5.75 Å². The average Bonchev–Trinajstić information content (AvgIpc) is 3.00. The van der Waals surface area contributed by atoms with Crippen molar-refractivity contribution >= 4 is 44.4 Å². The molecule has 2 aliphatic heterocycles. The van der Waals surface area contributed by atoms with Crippen LogP contribution >= 0.6 is 38.5 Å². The maximum Gasteiger partial charge on any atom is 0.271 e. The zero-order chi connectivity index (χ0) is 20.4. The van der Waals surface area contributed by atoms with Crippen molar-refractivity contribution in [2.24, 2.45) is 0 Å². The second-order valence-corrected chi connectivity index (χ2v) is 9.14. The number of nitrogens with zero attached hydrogens (tertiary/aromatic N) is 2. The number of carbonyl (C=O) groups excluding carboxylic acids is 1. The van der Waals surface area contributed by atoms with Gasteiger partial charge in [-0.3, -0.25) is 4.79 Å². The molecule has 0 unspecified atom stereocenters. The maximum atomic E-state index is 13.2. The highest BCUT2D eigenvalue weighted by molar-refractivity contribution is 14.1. The zero-order valence-electron chi connectivity index (χ0n) is 16.3. The van der Waals surface area contributed by atoms with Crippen molar-refractivity contribution in [2.75, 3.05) is 26.9 Å². The summed E-state index contributed by atoms with van der Waals surface area (Å²) in [7, 11) is 1.65. The fraction of sp³-hybridized carbons (Fsp3) is 0.476. The first-order chi connectivity index (χ1) is 14.1. The number of benzene rings is 1. The van der Waals surface area contributed by atoms with Crippen LogP contribution in [0.25, 0.3) is 0 Å². The number of halogens is 2. The molecule has 2 aliphatic rings. The Morgan fingerprint density at radius 1 is 1.21 bits per heavy atom. The third-order valence-corrected chi connectivity index (χ3v) is 8.14. The van der Waals surface area contributed by atoms with Crippen molar-refractivity contribution in [3.05, 3.63) is 49.3 Å². The second kappa shape index (κ2) is 9.36. The number of aromatic nitrogens is 1. The van der Waals surface area contributed by atoms with Crippen molar-refractivity contribution in [3.8, 4) is 5.75 Å². The van der Waals surface area contributed by atoms with E-state index in [2.05, 4.69) is 43.1 Å². The van der Waals surface area contributed by atoms with E-state index in [1.807, 2.05) is 29.2 Å². The lowest BCUT2D eigenvalue weighted by molar-refractivity contribution is -0.0409. The third kappa shape index (κ3) is 4.50. The van der Waals surface area contributed by atoms with Gasteiger partial charge in [0.15, 0.2) is 0 Å². The highest BCUT2D eigenvalue weighted by atomic mass is 127. The summed E-state index contributed by atoms with van der Waals surface area (Å²) in [6.07, 6.45) is 2.08. The molecule has 8 heteroatoms. The number of ether oxygens (including phenoxy) is 3. The first-order valence-electron chi connectivity index (χ1n) is 9.76. The minimum Gasteiger partial charge on any atom is -0.497 e. The highest BCUT2D eigenvalue weighted by Crippen LogP contribution is 2.34. The molecule has 1 saturated heterocycles. The molecule has 156 valence electrons. The molecule has 2 aromatic rings. The van der Waals surface area contributed by atoms with Gasteiger partial charge in [0, 0.05) is 32.8 Å². The molecule has 1 aromatic heterocycles. The van der Waals surface area contributed by atoms with Gasteiger partial charge in [-0.2, -0.15) is 0 Å². The van der Waals surface area contributed by atoms with Crippen molar-refractivity contribution in [1.82, 2.24) is 9.47 Å². The molecule has 1 amide bonds. The molecule has 0 atom stereocenters. The first kappa shape index (κ1) is 21.1. The van der Waals surface area contributed by atoms with Crippen LogP contribution in [-0.4, -0.2) is 48.3 Å². The van der Waals surface area contributed by atoms with Crippen molar-refractivity contribution in [2.45, 2.75) is 38.6 Å². The van der Waals surface area contributed by atoms with Crippen LogP contribution in [0.15, 0.2) is 28.7 Å². The monoisotopic (exact) mass is 574 g/mol. The van der Waals surface area contributed by atoms with E-state index in [4.69, 9.17) is 14.2 Å².